The summed E-state index contributed by atoms with van der Waals surface area (Å²) in [5.41, 5.74) is 4.38. The number of hydrogen-bond acceptors (Lipinski definition) is 1. The summed E-state index contributed by atoms with van der Waals surface area (Å²) in [6.07, 6.45) is 0. The van der Waals surface area contributed by atoms with Crippen LogP contribution in [0.1, 0.15) is 50.7 Å². The van der Waals surface area contributed by atoms with Gasteiger partial charge >= 0.3 is 0 Å². The first-order valence-corrected chi connectivity index (χ1v) is 6.84. The van der Waals surface area contributed by atoms with Crippen LogP contribution in [0.25, 0.3) is 11.1 Å². The lowest BCUT2D eigenvalue weighted by Crippen LogP contribution is -1.97. The van der Waals surface area contributed by atoms with E-state index in [0.717, 1.165) is 11.1 Å². The summed E-state index contributed by atoms with van der Waals surface area (Å²) >= 11 is 0. The first-order chi connectivity index (χ1) is 9.00. The lowest BCUT2D eigenvalue weighted by Gasteiger charge is -2.17. The van der Waals surface area contributed by atoms with Gasteiger partial charge in [0.15, 0.2) is 0 Å². The molecule has 2 aromatic rings. The molecule has 0 aliphatic rings. The molecular formula is C18H21O. The molecular weight excluding hydrogens is 232 g/mol. The van der Waals surface area contributed by atoms with E-state index in [2.05, 4.69) is 58.0 Å². The Kier molecular flexibility index (Phi) is 3.94. The summed E-state index contributed by atoms with van der Waals surface area (Å²) in [7, 11) is 0. The predicted octanol–water partition coefficient (Wildman–Crippen LogP) is 5.11. The largest absolute Gasteiger partial charge is 0.507 e. The molecule has 0 amide bonds. The lowest BCUT2D eigenvalue weighted by molar-refractivity contribution is 0.454. The molecule has 1 nitrogen and oxygen atoms in total. The van der Waals surface area contributed by atoms with E-state index in [1.54, 1.807) is 0 Å². The second kappa shape index (κ2) is 5.48. The van der Waals surface area contributed by atoms with Crippen LogP contribution < -0.4 is 0 Å². The average Bonchev–Trinajstić information content (AvgIpc) is 2.39. The number of hydrogen-bond donors (Lipinski definition) is 1. The zero-order valence-corrected chi connectivity index (χ0v) is 12.1. The van der Waals surface area contributed by atoms with Crippen molar-refractivity contribution in [3.8, 4) is 16.9 Å². The average molecular weight is 253 g/mol. The molecule has 1 N–H and O–H groups in total. The summed E-state index contributed by atoms with van der Waals surface area (Å²) in [5.74, 6) is 1.08. The van der Waals surface area contributed by atoms with Crippen LogP contribution in [0.5, 0.6) is 5.75 Å². The maximum atomic E-state index is 10.4. The summed E-state index contributed by atoms with van der Waals surface area (Å²) in [5, 5.41) is 10.4. The Bertz CT molecular complexity index is 524. The minimum Gasteiger partial charge on any atom is -0.507 e. The summed E-state index contributed by atoms with van der Waals surface area (Å²) in [6.45, 7) is 8.45. The van der Waals surface area contributed by atoms with Crippen LogP contribution >= 0.6 is 0 Å². The van der Waals surface area contributed by atoms with Crippen LogP contribution in [-0.4, -0.2) is 5.11 Å². The highest BCUT2D eigenvalue weighted by atomic mass is 16.3. The Balaban J connectivity index is 2.63. The minimum absolute atomic E-state index is 0.313. The third-order valence-corrected chi connectivity index (χ3v) is 3.46. The molecule has 1 heteroatoms. The second-order valence-corrected chi connectivity index (χ2v) is 5.60. The topological polar surface area (TPSA) is 20.2 Å². The van der Waals surface area contributed by atoms with Gasteiger partial charge in [-0.25, -0.2) is 0 Å². The van der Waals surface area contributed by atoms with Gasteiger partial charge in [0.25, 0.3) is 0 Å². The first-order valence-electron chi connectivity index (χ1n) is 6.84. The molecule has 0 saturated heterocycles. The lowest BCUT2D eigenvalue weighted by atomic mass is 9.89. The Hall–Kier alpha value is -1.76. The monoisotopic (exact) mass is 253 g/mol. The molecule has 99 valence electrons. The van der Waals surface area contributed by atoms with Crippen molar-refractivity contribution in [2.45, 2.75) is 39.5 Å². The minimum atomic E-state index is 0.313. The Labute approximate surface area is 115 Å². The molecule has 1 radical (unpaired) electrons. The molecule has 0 fully saturated rings. The Morgan fingerprint density at radius 3 is 1.74 bits per heavy atom. The SMILES string of the molecule is CC(C)c1cc(-c2cc[c]cc2)cc(C(C)C)c1O. The maximum absolute atomic E-state index is 10.4. The van der Waals surface area contributed by atoms with Crippen molar-refractivity contribution < 1.29 is 5.11 Å². The van der Waals surface area contributed by atoms with Crippen LogP contribution in [0, 0.1) is 6.07 Å². The van der Waals surface area contributed by atoms with Gasteiger partial charge in [0, 0.05) is 0 Å². The maximum Gasteiger partial charge on any atom is 0.122 e. The zero-order chi connectivity index (χ0) is 14.0. The number of phenols is 1. The molecule has 0 heterocycles. The van der Waals surface area contributed by atoms with Crippen molar-refractivity contribution in [2.24, 2.45) is 0 Å². The fraction of sp³-hybridized carbons (Fsp3) is 0.333. The van der Waals surface area contributed by atoms with Crippen molar-refractivity contribution in [2.75, 3.05) is 0 Å². The summed E-state index contributed by atoms with van der Waals surface area (Å²) in [4.78, 5) is 0. The van der Waals surface area contributed by atoms with Crippen molar-refractivity contribution in [3.05, 3.63) is 53.6 Å². The quantitative estimate of drug-likeness (QED) is 0.806. The van der Waals surface area contributed by atoms with Crippen LogP contribution in [0.15, 0.2) is 36.4 Å². The molecule has 2 aromatic carbocycles. The molecule has 0 atom stereocenters. The highest BCUT2D eigenvalue weighted by Gasteiger charge is 2.15. The van der Waals surface area contributed by atoms with Crippen LogP contribution in [-0.2, 0) is 0 Å². The third kappa shape index (κ3) is 2.81. The van der Waals surface area contributed by atoms with Crippen molar-refractivity contribution in [3.63, 3.8) is 0 Å². The standard InChI is InChI=1S/C18H21O/c1-12(2)16-10-15(14-8-6-5-7-9-14)11-17(13(3)4)18(16)19/h6-13,19H,1-4H3. The van der Waals surface area contributed by atoms with Gasteiger partial charge in [-0.2, -0.15) is 0 Å². The van der Waals surface area contributed by atoms with Gasteiger partial charge in [0.05, 0.1) is 0 Å². The van der Waals surface area contributed by atoms with Gasteiger partial charge in [-0.3, -0.25) is 0 Å². The smallest absolute Gasteiger partial charge is 0.122 e. The van der Waals surface area contributed by atoms with Gasteiger partial charge in [-0.1, -0.05) is 52.0 Å². The fourth-order valence-corrected chi connectivity index (χ4v) is 2.31. The number of phenolic OH excluding ortho intramolecular Hbond substituents is 1. The van der Waals surface area contributed by atoms with Gasteiger partial charge < -0.3 is 5.11 Å². The Morgan fingerprint density at radius 1 is 0.842 bits per heavy atom. The van der Waals surface area contributed by atoms with E-state index in [9.17, 15) is 5.11 Å². The van der Waals surface area contributed by atoms with Gasteiger partial charge in [-0.15, -0.1) is 0 Å². The normalized spacial score (nSPS) is 11.3. The van der Waals surface area contributed by atoms with Crippen molar-refractivity contribution >= 4 is 0 Å². The third-order valence-electron chi connectivity index (χ3n) is 3.46. The Morgan fingerprint density at radius 2 is 1.32 bits per heavy atom. The van der Waals surface area contributed by atoms with Gasteiger partial charge in [0.1, 0.15) is 5.75 Å². The van der Waals surface area contributed by atoms with E-state index in [4.69, 9.17) is 0 Å². The molecule has 0 bridgehead atoms. The van der Waals surface area contributed by atoms with E-state index in [1.165, 1.54) is 11.1 Å². The van der Waals surface area contributed by atoms with Crippen LogP contribution in [0.2, 0.25) is 0 Å². The molecule has 0 spiro atoms. The summed E-state index contributed by atoms with van der Waals surface area (Å²) in [6, 6.07) is 15.2. The van der Waals surface area contributed by atoms with E-state index in [-0.39, 0.29) is 0 Å². The van der Waals surface area contributed by atoms with Gasteiger partial charge in [0.2, 0.25) is 0 Å². The second-order valence-electron chi connectivity index (χ2n) is 5.60. The molecule has 0 aliphatic carbocycles. The van der Waals surface area contributed by atoms with Crippen LogP contribution in [0.4, 0.5) is 0 Å². The number of benzene rings is 2. The first kappa shape index (κ1) is 13.7. The molecule has 19 heavy (non-hydrogen) atoms. The van der Waals surface area contributed by atoms with Crippen LogP contribution in [0.3, 0.4) is 0 Å². The highest BCUT2D eigenvalue weighted by molar-refractivity contribution is 5.68. The molecule has 0 saturated carbocycles. The number of rotatable bonds is 3. The molecule has 2 rings (SSSR count). The zero-order valence-electron chi connectivity index (χ0n) is 12.1. The van der Waals surface area contributed by atoms with E-state index in [0.29, 0.717) is 17.6 Å². The summed E-state index contributed by atoms with van der Waals surface area (Å²) < 4.78 is 0. The van der Waals surface area contributed by atoms with Gasteiger partial charge in [-0.05, 0) is 52.3 Å². The van der Waals surface area contributed by atoms with E-state index >= 15 is 0 Å². The number of aromatic hydroxyl groups is 1. The van der Waals surface area contributed by atoms with E-state index < -0.39 is 0 Å². The molecule has 0 unspecified atom stereocenters. The van der Waals surface area contributed by atoms with Crippen molar-refractivity contribution in [1.29, 1.82) is 0 Å². The van der Waals surface area contributed by atoms with Crippen molar-refractivity contribution in [1.82, 2.24) is 0 Å². The highest BCUT2D eigenvalue weighted by Crippen LogP contribution is 2.37. The molecule has 0 aliphatic heterocycles. The fourth-order valence-electron chi connectivity index (χ4n) is 2.31. The molecule has 0 aromatic heterocycles. The van der Waals surface area contributed by atoms with E-state index in [1.807, 2.05) is 12.1 Å². The predicted molar refractivity (Wildman–Crippen MR) is 80.6 cm³/mol.